The Hall–Kier alpha value is -2.93. The van der Waals surface area contributed by atoms with Crippen molar-refractivity contribution in [2.24, 2.45) is 0 Å². The van der Waals surface area contributed by atoms with Crippen LogP contribution in [0.25, 0.3) is 5.65 Å². The summed E-state index contributed by atoms with van der Waals surface area (Å²) in [6.07, 6.45) is 2.79. The van der Waals surface area contributed by atoms with E-state index in [4.69, 9.17) is 9.47 Å². The van der Waals surface area contributed by atoms with E-state index in [9.17, 15) is 4.79 Å². The van der Waals surface area contributed by atoms with E-state index in [-0.39, 0.29) is 5.91 Å². The van der Waals surface area contributed by atoms with Gasteiger partial charge in [-0.05, 0) is 36.2 Å². The molecule has 0 atom stereocenters. The van der Waals surface area contributed by atoms with Gasteiger partial charge >= 0.3 is 0 Å². The first-order valence-electron chi connectivity index (χ1n) is 7.95. The number of hydrogen-bond donors (Lipinski definition) is 1. The van der Waals surface area contributed by atoms with Crippen LogP contribution < -0.4 is 10.1 Å². The second-order valence-corrected chi connectivity index (χ2v) is 5.55. The number of amides is 1. The molecule has 0 aliphatic heterocycles. The number of pyridine rings is 1. The lowest BCUT2D eigenvalue weighted by Gasteiger charge is -2.07. The number of nitrogens with one attached hydrogen (secondary N) is 1. The Morgan fingerprint density at radius 3 is 2.92 bits per heavy atom. The van der Waals surface area contributed by atoms with E-state index in [1.807, 2.05) is 36.4 Å². The molecule has 2 aromatic heterocycles. The molecule has 0 fully saturated rings. The average molecular weight is 340 g/mol. The second-order valence-electron chi connectivity index (χ2n) is 5.55. The Bertz CT molecular complexity index is 876. The number of benzene rings is 1. The fourth-order valence-electron chi connectivity index (χ4n) is 2.54. The molecule has 0 saturated carbocycles. The topological polar surface area (TPSA) is 77.8 Å². The number of aromatic nitrogens is 3. The fourth-order valence-corrected chi connectivity index (χ4v) is 2.54. The lowest BCUT2D eigenvalue weighted by Crippen LogP contribution is -2.13. The lowest BCUT2D eigenvalue weighted by molar-refractivity contribution is -0.116. The van der Waals surface area contributed by atoms with Gasteiger partial charge in [0, 0.05) is 19.7 Å². The van der Waals surface area contributed by atoms with E-state index in [0.717, 1.165) is 11.3 Å². The quantitative estimate of drug-likeness (QED) is 0.715. The Morgan fingerprint density at radius 2 is 2.12 bits per heavy atom. The number of hydrogen-bond acceptors (Lipinski definition) is 5. The minimum Gasteiger partial charge on any atom is -0.497 e. The van der Waals surface area contributed by atoms with Crippen molar-refractivity contribution in [3.8, 4) is 5.75 Å². The number of fused-ring (bicyclic) bond motifs is 1. The van der Waals surface area contributed by atoms with Crippen molar-refractivity contribution in [2.75, 3.05) is 19.5 Å². The van der Waals surface area contributed by atoms with Crippen molar-refractivity contribution in [2.45, 2.75) is 19.4 Å². The molecule has 0 aliphatic carbocycles. The SMILES string of the molecule is COCc1nc2c(NC(=O)CCc3cccc(OC)c3)cccn2n1. The zero-order valence-corrected chi connectivity index (χ0v) is 14.2. The van der Waals surface area contributed by atoms with Crippen LogP contribution in [0.3, 0.4) is 0 Å². The predicted molar refractivity (Wildman–Crippen MR) is 93.6 cm³/mol. The highest BCUT2D eigenvalue weighted by atomic mass is 16.5. The first kappa shape index (κ1) is 16.9. The average Bonchev–Trinajstić information content (AvgIpc) is 3.04. The standard InChI is InChI=1S/C18H20N4O3/c1-24-12-16-20-18-15(7-4-10-22(18)21-16)19-17(23)9-8-13-5-3-6-14(11-13)25-2/h3-7,10-11H,8-9,12H2,1-2H3,(H,19,23). The molecular formula is C18H20N4O3. The summed E-state index contributed by atoms with van der Waals surface area (Å²) >= 11 is 0. The van der Waals surface area contributed by atoms with Crippen LogP contribution in [0.2, 0.25) is 0 Å². The molecule has 7 nitrogen and oxygen atoms in total. The van der Waals surface area contributed by atoms with Gasteiger partial charge < -0.3 is 14.8 Å². The third kappa shape index (κ3) is 4.13. The molecule has 25 heavy (non-hydrogen) atoms. The van der Waals surface area contributed by atoms with Crippen LogP contribution in [0.15, 0.2) is 42.6 Å². The normalized spacial score (nSPS) is 10.8. The summed E-state index contributed by atoms with van der Waals surface area (Å²) in [7, 11) is 3.22. The van der Waals surface area contributed by atoms with Crippen molar-refractivity contribution in [1.29, 1.82) is 0 Å². The largest absolute Gasteiger partial charge is 0.497 e. The predicted octanol–water partition coefficient (Wildman–Crippen LogP) is 2.46. The molecule has 0 spiro atoms. The zero-order chi connectivity index (χ0) is 17.6. The van der Waals surface area contributed by atoms with Gasteiger partial charge in [-0.1, -0.05) is 12.1 Å². The molecule has 1 amide bonds. The van der Waals surface area contributed by atoms with Crippen molar-refractivity contribution < 1.29 is 14.3 Å². The van der Waals surface area contributed by atoms with Gasteiger partial charge in [-0.15, -0.1) is 5.10 Å². The number of carbonyl (C=O) groups is 1. The zero-order valence-electron chi connectivity index (χ0n) is 14.2. The highest BCUT2D eigenvalue weighted by Crippen LogP contribution is 2.17. The summed E-state index contributed by atoms with van der Waals surface area (Å²) in [6.45, 7) is 0.324. The lowest BCUT2D eigenvalue weighted by atomic mass is 10.1. The molecule has 130 valence electrons. The van der Waals surface area contributed by atoms with Gasteiger partial charge in [0.25, 0.3) is 0 Å². The third-order valence-electron chi connectivity index (χ3n) is 3.73. The molecule has 0 aliphatic rings. The highest BCUT2D eigenvalue weighted by Gasteiger charge is 2.10. The molecule has 0 saturated heterocycles. The minimum absolute atomic E-state index is 0.0767. The molecule has 0 radical (unpaired) electrons. The Labute approximate surface area is 145 Å². The minimum atomic E-state index is -0.0767. The number of carbonyl (C=O) groups excluding carboxylic acids is 1. The third-order valence-corrected chi connectivity index (χ3v) is 3.73. The van der Waals surface area contributed by atoms with Crippen LogP contribution >= 0.6 is 0 Å². The van der Waals surface area contributed by atoms with Gasteiger partial charge in [0.1, 0.15) is 12.4 Å². The summed E-state index contributed by atoms with van der Waals surface area (Å²) < 4.78 is 11.9. The summed E-state index contributed by atoms with van der Waals surface area (Å²) in [5.41, 5.74) is 2.29. The number of methoxy groups -OCH3 is 2. The maximum Gasteiger partial charge on any atom is 0.224 e. The Balaban J connectivity index is 1.67. The fraction of sp³-hybridized carbons (Fsp3) is 0.278. The van der Waals surface area contributed by atoms with Gasteiger partial charge in [0.2, 0.25) is 5.91 Å². The molecule has 0 unspecified atom stereocenters. The summed E-state index contributed by atoms with van der Waals surface area (Å²) in [6, 6.07) is 11.3. The Morgan fingerprint density at radius 1 is 1.24 bits per heavy atom. The number of ether oxygens (including phenoxy) is 2. The second kappa shape index (κ2) is 7.76. The summed E-state index contributed by atoms with van der Waals surface area (Å²) in [5, 5.41) is 7.20. The van der Waals surface area contributed by atoms with E-state index in [2.05, 4.69) is 15.4 Å². The number of anilines is 1. The molecule has 2 heterocycles. The van der Waals surface area contributed by atoms with Crippen LogP contribution in [0.5, 0.6) is 5.75 Å². The number of nitrogens with zero attached hydrogens (tertiary/aromatic N) is 3. The van der Waals surface area contributed by atoms with E-state index in [0.29, 0.717) is 36.6 Å². The molecule has 0 bridgehead atoms. The van der Waals surface area contributed by atoms with E-state index in [1.54, 1.807) is 24.9 Å². The van der Waals surface area contributed by atoms with Gasteiger partial charge in [-0.25, -0.2) is 9.50 Å². The van der Waals surface area contributed by atoms with Crippen molar-refractivity contribution >= 4 is 17.2 Å². The summed E-state index contributed by atoms with van der Waals surface area (Å²) in [5.74, 6) is 1.28. The highest BCUT2D eigenvalue weighted by molar-refractivity contribution is 5.94. The first-order chi connectivity index (χ1) is 12.2. The number of aryl methyl sites for hydroxylation is 1. The van der Waals surface area contributed by atoms with E-state index < -0.39 is 0 Å². The maximum atomic E-state index is 12.3. The van der Waals surface area contributed by atoms with Gasteiger partial charge in [0.15, 0.2) is 11.5 Å². The monoisotopic (exact) mass is 340 g/mol. The van der Waals surface area contributed by atoms with Crippen molar-refractivity contribution in [3.63, 3.8) is 0 Å². The van der Waals surface area contributed by atoms with E-state index >= 15 is 0 Å². The molecule has 1 N–H and O–H groups in total. The van der Waals surface area contributed by atoms with Crippen LogP contribution in [0.1, 0.15) is 17.8 Å². The molecule has 7 heteroatoms. The number of rotatable bonds is 7. The van der Waals surface area contributed by atoms with Crippen molar-refractivity contribution in [3.05, 3.63) is 54.0 Å². The summed E-state index contributed by atoms with van der Waals surface area (Å²) in [4.78, 5) is 16.7. The first-order valence-corrected chi connectivity index (χ1v) is 7.95. The van der Waals surface area contributed by atoms with Gasteiger partial charge in [0.05, 0.1) is 12.8 Å². The Kier molecular flexibility index (Phi) is 5.25. The van der Waals surface area contributed by atoms with Crippen molar-refractivity contribution in [1.82, 2.24) is 14.6 Å². The molecular weight excluding hydrogens is 320 g/mol. The van der Waals surface area contributed by atoms with Crippen LogP contribution in [0.4, 0.5) is 5.69 Å². The van der Waals surface area contributed by atoms with Crippen LogP contribution in [-0.2, 0) is 22.6 Å². The molecule has 1 aromatic carbocycles. The maximum absolute atomic E-state index is 12.3. The van der Waals surface area contributed by atoms with Crippen LogP contribution in [0, 0.1) is 0 Å². The van der Waals surface area contributed by atoms with E-state index in [1.165, 1.54) is 0 Å². The molecule has 3 aromatic rings. The van der Waals surface area contributed by atoms with Gasteiger partial charge in [-0.3, -0.25) is 4.79 Å². The smallest absolute Gasteiger partial charge is 0.224 e. The van der Waals surface area contributed by atoms with Crippen LogP contribution in [-0.4, -0.2) is 34.7 Å². The van der Waals surface area contributed by atoms with Gasteiger partial charge in [-0.2, -0.15) is 0 Å². The molecule has 3 rings (SSSR count).